The molecule has 21 heavy (non-hydrogen) atoms. The highest BCUT2D eigenvalue weighted by Crippen LogP contribution is 2.22. The fourth-order valence-corrected chi connectivity index (χ4v) is 2.26. The second-order valence-electron chi connectivity index (χ2n) is 4.76. The lowest BCUT2D eigenvalue weighted by Gasteiger charge is -2.11. The predicted octanol–water partition coefficient (Wildman–Crippen LogP) is 4.47. The summed E-state index contributed by atoms with van der Waals surface area (Å²) in [4.78, 5) is 0. The summed E-state index contributed by atoms with van der Waals surface area (Å²) >= 11 is 0. The first-order chi connectivity index (χ1) is 10.3. The Morgan fingerprint density at radius 1 is 0.857 bits per heavy atom. The van der Waals surface area contributed by atoms with Crippen LogP contribution in [0.4, 0.5) is 10.1 Å². The molecule has 0 radical (unpaired) electrons. The fraction of sp³-hybridized carbons (Fsp3) is 0.111. The van der Waals surface area contributed by atoms with E-state index in [9.17, 15) is 4.39 Å². The molecule has 1 N–H and O–H groups in total. The van der Waals surface area contributed by atoms with Gasteiger partial charge in [0.15, 0.2) is 0 Å². The van der Waals surface area contributed by atoms with Gasteiger partial charge in [0.25, 0.3) is 0 Å². The van der Waals surface area contributed by atoms with Crippen molar-refractivity contribution in [2.24, 2.45) is 0 Å². The highest BCUT2D eigenvalue weighted by molar-refractivity contribution is 5.93. The van der Waals surface area contributed by atoms with Crippen molar-refractivity contribution in [1.29, 1.82) is 0 Å². The first-order valence-electron chi connectivity index (χ1n) is 6.93. The van der Waals surface area contributed by atoms with Crippen molar-refractivity contribution < 1.29 is 9.13 Å². The van der Waals surface area contributed by atoms with Crippen LogP contribution in [0.1, 0.15) is 0 Å². The second kappa shape index (κ2) is 6.27. The van der Waals surface area contributed by atoms with E-state index in [1.807, 2.05) is 18.2 Å². The number of benzene rings is 3. The molecule has 0 fully saturated rings. The number of nitrogens with one attached hydrogen (secondary N) is 1. The number of anilines is 1. The fourth-order valence-electron chi connectivity index (χ4n) is 2.26. The third kappa shape index (κ3) is 3.31. The molecule has 0 bridgehead atoms. The average molecular weight is 281 g/mol. The van der Waals surface area contributed by atoms with Crippen LogP contribution in [0, 0.1) is 5.82 Å². The zero-order valence-electron chi connectivity index (χ0n) is 11.6. The molecule has 0 unspecified atom stereocenters. The van der Waals surface area contributed by atoms with Gasteiger partial charge in [0, 0.05) is 17.6 Å². The van der Waals surface area contributed by atoms with E-state index in [-0.39, 0.29) is 5.82 Å². The quantitative estimate of drug-likeness (QED) is 0.697. The van der Waals surface area contributed by atoms with Crippen molar-refractivity contribution in [2.45, 2.75) is 0 Å². The molecule has 3 aromatic rings. The van der Waals surface area contributed by atoms with Gasteiger partial charge < -0.3 is 10.1 Å². The highest BCUT2D eigenvalue weighted by atomic mass is 19.1. The standard InChI is InChI=1S/C18H16FNO/c19-15-8-10-16(11-9-15)21-13-12-20-18-7-3-5-14-4-1-2-6-17(14)18/h1-11,20H,12-13H2. The Morgan fingerprint density at radius 3 is 2.48 bits per heavy atom. The van der Waals surface area contributed by atoms with Crippen LogP contribution in [-0.2, 0) is 0 Å². The molecule has 0 aliphatic carbocycles. The number of halogens is 1. The van der Waals surface area contributed by atoms with Crippen LogP contribution in [0.2, 0.25) is 0 Å². The van der Waals surface area contributed by atoms with Crippen LogP contribution in [0.5, 0.6) is 5.75 Å². The number of ether oxygens (including phenoxy) is 1. The molecule has 3 aromatic carbocycles. The summed E-state index contributed by atoms with van der Waals surface area (Å²) in [5.41, 5.74) is 1.09. The van der Waals surface area contributed by atoms with Crippen LogP contribution in [0.25, 0.3) is 10.8 Å². The van der Waals surface area contributed by atoms with Crippen molar-refractivity contribution in [1.82, 2.24) is 0 Å². The van der Waals surface area contributed by atoms with E-state index in [1.54, 1.807) is 12.1 Å². The molecule has 0 atom stereocenters. The molecular weight excluding hydrogens is 265 g/mol. The van der Waals surface area contributed by atoms with Gasteiger partial charge in [0.05, 0.1) is 0 Å². The summed E-state index contributed by atoms with van der Waals surface area (Å²) in [7, 11) is 0. The SMILES string of the molecule is Fc1ccc(OCCNc2cccc3ccccc23)cc1. The van der Waals surface area contributed by atoms with Gasteiger partial charge >= 0.3 is 0 Å². The summed E-state index contributed by atoms with van der Waals surface area (Å²) in [5.74, 6) is 0.423. The van der Waals surface area contributed by atoms with E-state index in [4.69, 9.17) is 4.74 Å². The molecule has 0 aliphatic rings. The number of fused-ring (bicyclic) bond motifs is 1. The molecule has 3 rings (SSSR count). The van der Waals surface area contributed by atoms with Gasteiger partial charge in [-0.3, -0.25) is 0 Å². The summed E-state index contributed by atoms with van der Waals surface area (Å²) in [6.07, 6.45) is 0. The van der Waals surface area contributed by atoms with Crippen molar-refractivity contribution in [2.75, 3.05) is 18.5 Å². The van der Waals surface area contributed by atoms with E-state index in [0.717, 1.165) is 5.69 Å². The Labute approximate surface area is 123 Å². The Hall–Kier alpha value is -2.55. The van der Waals surface area contributed by atoms with E-state index >= 15 is 0 Å². The lowest BCUT2D eigenvalue weighted by atomic mass is 10.1. The van der Waals surface area contributed by atoms with Crippen molar-refractivity contribution in [3.8, 4) is 5.75 Å². The van der Waals surface area contributed by atoms with Gasteiger partial charge in [0.1, 0.15) is 18.2 Å². The molecule has 0 heterocycles. The maximum absolute atomic E-state index is 12.8. The van der Waals surface area contributed by atoms with Crippen LogP contribution < -0.4 is 10.1 Å². The molecule has 0 aromatic heterocycles. The van der Waals surface area contributed by atoms with Gasteiger partial charge in [-0.15, -0.1) is 0 Å². The van der Waals surface area contributed by atoms with Crippen molar-refractivity contribution in [3.63, 3.8) is 0 Å². The number of hydrogen-bond acceptors (Lipinski definition) is 2. The summed E-state index contributed by atoms with van der Waals surface area (Å²) in [6.45, 7) is 1.21. The van der Waals surface area contributed by atoms with Crippen molar-refractivity contribution in [3.05, 3.63) is 72.5 Å². The lowest BCUT2D eigenvalue weighted by molar-refractivity contribution is 0.332. The Balaban J connectivity index is 1.58. The second-order valence-corrected chi connectivity index (χ2v) is 4.76. The Morgan fingerprint density at radius 2 is 1.62 bits per heavy atom. The molecule has 0 saturated carbocycles. The topological polar surface area (TPSA) is 21.3 Å². The molecular formula is C18H16FNO. The molecule has 0 saturated heterocycles. The number of rotatable bonds is 5. The molecule has 2 nitrogen and oxygen atoms in total. The molecule has 0 amide bonds. The van der Waals surface area contributed by atoms with Gasteiger partial charge in [-0.1, -0.05) is 36.4 Å². The van der Waals surface area contributed by atoms with Crippen LogP contribution >= 0.6 is 0 Å². The smallest absolute Gasteiger partial charge is 0.123 e. The van der Waals surface area contributed by atoms with Gasteiger partial charge in [-0.25, -0.2) is 4.39 Å². The zero-order chi connectivity index (χ0) is 14.5. The lowest BCUT2D eigenvalue weighted by Crippen LogP contribution is -2.11. The zero-order valence-corrected chi connectivity index (χ0v) is 11.6. The van der Waals surface area contributed by atoms with Crippen LogP contribution in [-0.4, -0.2) is 13.2 Å². The molecule has 0 spiro atoms. The minimum absolute atomic E-state index is 0.253. The Bertz CT molecular complexity index is 719. The maximum atomic E-state index is 12.8. The van der Waals surface area contributed by atoms with E-state index in [2.05, 4.69) is 29.6 Å². The maximum Gasteiger partial charge on any atom is 0.123 e. The van der Waals surface area contributed by atoms with E-state index < -0.39 is 0 Å². The Kier molecular flexibility index (Phi) is 4.01. The highest BCUT2D eigenvalue weighted by Gasteiger charge is 1.99. The van der Waals surface area contributed by atoms with Gasteiger partial charge in [-0.05, 0) is 35.7 Å². The van der Waals surface area contributed by atoms with Gasteiger partial charge in [0.2, 0.25) is 0 Å². The average Bonchev–Trinajstić information content (AvgIpc) is 2.53. The largest absolute Gasteiger partial charge is 0.492 e. The van der Waals surface area contributed by atoms with Crippen molar-refractivity contribution >= 4 is 16.5 Å². The molecule has 0 aliphatic heterocycles. The summed E-state index contributed by atoms with van der Waals surface area (Å²) in [5, 5.41) is 5.78. The summed E-state index contributed by atoms with van der Waals surface area (Å²) < 4.78 is 18.3. The predicted molar refractivity (Wildman–Crippen MR) is 84.3 cm³/mol. The van der Waals surface area contributed by atoms with Gasteiger partial charge in [-0.2, -0.15) is 0 Å². The first kappa shape index (κ1) is 13.4. The minimum atomic E-state index is -0.253. The third-order valence-electron chi connectivity index (χ3n) is 3.29. The minimum Gasteiger partial charge on any atom is -0.492 e. The van der Waals surface area contributed by atoms with Crippen LogP contribution in [0.15, 0.2) is 66.7 Å². The number of hydrogen-bond donors (Lipinski definition) is 1. The first-order valence-corrected chi connectivity index (χ1v) is 6.93. The van der Waals surface area contributed by atoms with E-state index in [1.165, 1.54) is 22.9 Å². The van der Waals surface area contributed by atoms with E-state index in [0.29, 0.717) is 18.9 Å². The monoisotopic (exact) mass is 281 g/mol. The molecule has 106 valence electrons. The third-order valence-corrected chi connectivity index (χ3v) is 3.29. The molecule has 3 heteroatoms. The van der Waals surface area contributed by atoms with Crippen LogP contribution in [0.3, 0.4) is 0 Å². The summed E-state index contributed by atoms with van der Waals surface area (Å²) in [6, 6.07) is 20.5. The normalized spacial score (nSPS) is 10.5.